The lowest BCUT2D eigenvalue weighted by atomic mass is 10.2. The highest BCUT2D eigenvalue weighted by Crippen LogP contribution is 2.29. The molecule has 5 heteroatoms. The third-order valence-corrected chi connectivity index (χ3v) is 3.18. The molecule has 0 radical (unpaired) electrons. The molecule has 0 aliphatic heterocycles. The molecule has 0 spiro atoms. The van der Waals surface area contributed by atoms with E-state index in [0.717, 1.165) is 10.9 Å². The van der Waals surface area contributed by atoms with Gasteiger partial charge >= 0.3 is 0 Å². The van der Waals surface area contributed by atoms with Gasteiger partial charge in [-0.3, -0.25) is 4.98 Å². The standard InChI is InChI=1S/C14H10BrN3O/c15-12-6-10(16)7-18-14(12)19-11-5-9-3-1-2-4-13(9)17-8-11/h1-8H,16H2. The lowest BCUT2D eigenvalue weighted by molar-refractivity contribution is 0.458. The largest absolute Gasteiger partial charge is 0.436 e. The number of para-hydroxylation sites is 1. The highest BCUT2D eigenvalue weighted by molar-refractivity contribution is 9.10. The average molecular weight is 316 g/mol. The molecular weight excluding hydrogens is 306 g/mol. The van der Waals surface area contributed by atoms with Crippen molar-refractivity contribution in [3.05, 3.63) is 53.3 Å². The zero-order valence-electron chi connectivity index (χ0n) is 9.88. The highest BCUT2D eigenvalue weighted by Gasteiger charge is 2.06. The van der Waals surface area contributed by atoms with E-state index in [1.165, 1.54) is 0 Å². The summed E-state index contributed by atoms with van der Waals surface area (Å²) >= 11 is 3.37. The van der Waals surface area contributed by atoms with Crippen LogP contribution in [0.3, 0.4) is 0 Å². The van der Waals surface area contributed by atoms with Gasteiger partial charge in [0, 0.05) is 5.39 Å². The molecular formula is C14H10BrN3O. The number of fused-ring (bicyclic) bond motifs is 1. The zero-order valence-corrected chi connectivity index (χ0v) is 11.5. The first-order chi connectivity index (χ1) is 9.22. The van der Waals surface area contributed by atoms with E-state index >= 15 is 0 Å². The maximum Gasteiger partial charge on any atom is 0.233 e. The van der Waals surface area contributed by atoms with Crippen LogP contribution in [-0.2, 0) is 0 Å². The maximum absolute atomic E-state index is 5.70. The first-order valence-corrected chi connectivity index (χ1v) is 6.45. The number of rotatable bonds is 2. The van der Waals surface area contributed by atoms with Crippen LogP contribution in [0.15, 0.2) is 53.3 Å². The summed E-state index contributed by atoms with van der Waals surface area (Å²) in [6, 6.07) is 11.5. The molecule has 0 aliphatic rings. The normalized spacial score (nSPS) is 10.6. The Labute approximate surface area is 118 Å². The van der Waals surface area contributed by atoms with E-state index < -0.39 is 0 Å². The van der Waals surface area contributed by atoms with Gasteiger partial charge in [-0.25, -0.2) is 4.98 Å². The quantitative estimate of drug-likeness (QED) is 0.782. The molecule has 19 heavy (non-hydrogen) atoms. The molecule has 3 aromatic rings. The van der Waals surface area contributed by atoms with E-state index in [1.807, 2.05) is 30.3 Å². The van der Waals surface area contributed by atoms with E-state index in [4.69, 9.17) is 10.5 Å². The third-order valence-electron chi connectivity index (χ3n) is 2.61. The fourth-order valence-electron chi connectivity index (χ4n) is 1.73. The molecule has 0 amide bonds. The average Bonchev–Trinajstić information content (AvgIpc) is 2.42. The molecule has 3 rings (SSSR count). The first-order valence-electron chi connectivity index (χ1n) is 5.66. The van der Waals surface area contributed by atoms with Gasteiger partial charge < -0.3 is 10.5 Å². The van der Waals surface area contributed by atoms with Crippen LogP contribution in [0, 0.1) is 0 Å². The number of nitrogens with two attached hydrogens (primary N) is 1. The SMILES string of the molecule is Nc1cnc(Oc2cnc3ccccc3c2)c(Br)c1. The Morgan fingerprint density at radius 1 is 1.05 bits per heavy atom. The van der Waals surface area contributed by atoms with Crippen molar-refractivity contribution < 1.29 is 4.74 Å². The first kappa shape index (κ1) is 11.9. The number of benzene rings is 1. The van der Waals surface area contributed by atoms with Gasteiger partial charge in [-0.05, 0) is 34.1 Å². The van der Waals surface area contributed by atoms with Crippen molar-refractivity contribution in [2.24, 2.45) is 0 Å². The number of nitrogen functional groups attached to an aromatic ring is 1. The van der Waals surface area contributed by atoms with Gasteiger partial charge in [0.25, 0.3) is 0 Å². The fraction of sp³-hybridized carbons (Fsp3) is 0. The number of anilines is 1. The van der Waals surface area contributed by atoms with E-state index in [0.29, 0.717) is 21.8 Å². The molecule has 0 bridgehead atoms. The van der Waals surface area contributed by atoms with Crippen LogP contribution in [0.5, 0.6) is 11.6 Å². The molecule has 0 fully saturated rings. The van der Waals surface area contributed by atoms with Crippen LogP contribution in [0.25, 0.3) is 10.9 Å². The molecule has 1 aromatic carbocycles. The van der Waals surface area contributed by atoms with Crippen molar-refractivity contribution in [3.8, 4) is 11.6 Å². The van der Waals surface area contributed by atoms with Gasteiger partial charge in [0.05, 0.1) is 28.1 Å². The summed E-state index contributed by atoms with van der Waals surface area (Å²) in [6.45, 7) is 0. The lowest BCUT2D eigenvalue weighted by Gasteiger charge is -2.07. The summed E-state index contributed by atoms with van der Waals surface area (Å²) < 4.78 is 6.41. The molecule has 4 nitrogen and oxygen atoms in total. The summed E-state index contributed by atoms with van der Waals surface area (Å²) in [5.74, 6) is 1.10. The van der Waals surface area contributed by atoms with Crippen LogP contribution in [-0.4, -0.2) is 9.97 Å². The van der Waals surface area contributed by atoms with Crippen LogP contribution in [0.4, 0.5) is 5.69 Å². The number of ether oxygens (including phenoxy) is 1. The number of halogens is 1. The van der Waals surface area contributed by atoms with Gasteiger partial charge in [-0.15, -0.1) is 0 Å². The van der Waals surface area contributed by atoms with Crippen LogP contribution >= 0.6 is 15.9 Å². The van der Waals surface area contributed by atoms with Crippen molar-refractivity contribution in [2.75, 3.05) is 5.73 Å². The molecule has 0 saturated carbocycles. The van der Waals surface area contributed by atoms with Gasteiger partial charge in [0.1, 0.15) is 5.75 Å². The predicted octanol–water partition coefficient (Wildman–Crippen LogP) is 3.77. The predicted molar refractivity (Wildman–Crippen MR) is 78.2 cm³/mol. The minimum Gasteiger partial charge on any atom is -0.436 e. The van der Waals surface area contributed by atoms with Gasteiger partial charge in [0.15, 0.2) is 0 Å². The molecule has 0 unspecified atom stereocenters. The number of aromatic nitrogens is 2. The van der Waals surface area contributed by atoms with E-state index in [2.05, 4.69) is 25.9 Å². The second-order valence-corrected chi connectivity index (χ2v) is 4.88. The Morgan fingerprint density at radius 2 is 1.89 bits per heavy atom. The summed E-state index contributed by atoms with van der Waals surface area (Å²) in [7, 11) is 0. The number of hydrogen-bond donors (Lipinski definition) is 1. The summed E-state index contributed by atoms with van der Waals surface area (Å²) in [5.41, 5.74) is 7.14. The minimum atomic E-state index is 0.464. The lowest BCUT2D eigenvalue weighted by Crippen LogP contribution is -1.93. The fourth-order valence-corrected chi connectivity index (χ4v) is 2.18. The van der Waals surface area contributed by atoms with Crippen molar-refractivity contribution in [1.29, 1.82) is 0 Å². The van der Waals surface area contributed by atoms with Crippen molar-refractivity contribution in [3.63, 3.8) is 0 Å². The molecule has 2 N–H and O–H groups in total. The molecule has 94 valence electrons. The highest BCUT2D eigenvalue weighted by atomic mass is 79.9. The Balaban J connectivity index is 1.96. The topological polar surface area (TPSA) is 61.0 Å². The van der Waals surface area contributed by atoms with Crippen LogP contribution in [0.2, 0.25) is 0 Å². The van der Waals surface area contributed by atoms with E-state index in [9.17, 15) is 0 Å². The van der Waals surface area contributed by atoms with Crippen LogP contribution < -0.4 is 10.5 Å². The second kappa shape index (κ2) is 4.85. The van der Waals surface area contributed by atoms with Gasteiger partial charge in [0.2, 0.25) is 5.88 Å². The maximum atomic E-state index is 5.70. The smallest absolute Gasteiger partial charge is 0.233 e. The number of hydrogen-bond acceptors (Lipinski definition) is 4. The monoisotopic (exact) mass is 315 g/mol. The van der Waals surface area contributed by atoms with Crippen molar-refractivity contribution in [2.45, 2.75) is 0 Å². The van der Waals surface area contributed by atoms with Gasteiger partial charge in [-0.1, -0.05) is 18.2 Å². The summed E-state index contributed by atoms with van der Waals surface area (Å²) in [4.78, 5) is 8.46. The van der Waals surface area contributed by atoms with Gasteiger partial charge in [-0.2, -0.15) is 0 Å². The number of pyridine rings is 2. The Hall–Kier alpha value is -2.14. The molecule has 0 atom stereocenters. The third kappa shape index (κ3) is 2.51. The number of nitrogens with zero attached hydrogens (tertiary/aromatic N) is 2. The molecule has 2 heterocycles. The van der Waals surface area contributed by atoms with Crippen molar-refractivity contribution >= 4 is 32.5 Å². The van der Waals surface area contributed by atoms with Crippen molar-refractivity contribution in [1.82, 2.24) is 9.97 Å². The Kier molecular flexibility index (Phi) is 3.05. The van der Waals surface area contributed by atoms with E-state index in [-0.39, 0.29) is 0 Å². The Bertz CT molecular complexity index is 746. The molecule has 0 saturated heterocycles. The second-order valence-electron chi connectivity index (χ2n) is 4.02. The zero-order chi connectivity index (χ0) is 13.2. The Morgan fingerprint density at radius 3 is 2.74 bits per heavy atom. The molecule has 2 aromatic heterocycles. The summed E-state index contributed by atoms with van der Waals surface area (Å²) in [6.07, 6.45) is 3.22. The minimum absolute atomic E-state index is 0.464. The van der Waals surface area contributed by atoms with Crippen LogP contribution in [0.1, 0.15) is 0 Å². The van der Waals surface area contributed by atoms with E-state index in [1.54, 1.807) is 18.5 Å². The molecule has 0 aliphatic carbocycles. The summed E-state index contributed by atoms with van der Waals surface area (Å²) in [5, 5.41) is 1.02.